The number of pyridine rings is 1. The van der Waals surface area contributed by atoms with E-state index in [1.807, 2.05) is 36.0 Å². The Bertz CT molecular complexity index is 507. The van der Waals surface area contributed by atoms with Crippen molar-refractivity contribution < 1.29 is 0 Å². The summed E-state index contributed by atoms with van der Waals surface area (Å²) in [6.45, 7) is 5.73. The molecule has 0 unspecified atom stereocenters. The Morgan fingerprint density at radius 1 is 1.35 bits per heavy atom. The highest BCUT2D eigenvalue weighted by atomic mass is 79.9. The van der Waals surface area contributed by atoms with Crippen molar-refractivity contribution in [2.75, 3.05) is 5.32 Å². The van der Waals surface area contributed by atoms with Gasteiger partial charge in [-0.3, -0.25) is 4.68 Å². The fourth-order valence-corrected chi connectivity index (χ4v) is 2.10. The van der Waals surface area contributed by atoms with Crippen molar-refractivity contribution >= 4 is 21.6 Å². The van der Waals surface area contributed by atoms with Crippen LogP contribution in [-0.2, 0) is 13.1 Å². The maximum absolute atomic E-state index is 4.35. The molecule has 0 aromatic carbocycles. The van der Waals surface area contributed by atoms with Crippen LogP contribution >= 0.6 is 15.9 Å². The number of nitrogens with zero attached hydrogens (tertiary/aromatic N) is 3. The first-order valence-electron chi connectivity index (χ1n) is 5.58. The highest BCUT2D eigenvalue weighted by molar-refractivity contribution is 9.10. The van der Waals surface area contributed by atoms with Gasteiger partial charge in [-0.05, 0) is 48.0 Å². The van der Waals surface area contributed by atoms with E-state index in [1.165, 1.54) is 5.69 Å². The van der Waals surface area contributed by atoms with Crippen LogP contribution in [0.25, 0.3) is 0 Å². The van der Waals surface area contributed by atoms with E-state index in [-0.39, 0.29) is 0 Å². The lowest BCUT2D eigenvalue weighted by atomic mass is 10.3. The molecule has 0 aliphatic carbocycles. The molecular formula is C12H15BrN4. The average Bonchev–Trinajstić information content (AvgIpc) is 2.75. The molecule has 2 heterocycles. The van der Waals surface area contributed by atoms with Gasteiger partial charge in [-0.25, -0.2) is 4.98 Å². The summed E-state index contributed by atoms with van der Waals surface area (Å²) in [7, 11) is 0. The second-order valence-electron chi connectivity index (χ2n) is 3.76. The summed E-state index contributed by atoms with van der Waals surface area (Å²) < 4.78 is 2.84. The zero-order valence-electron chi connectivity index (χ0n) is 9.94. The third-order valence-corrected chi connectivity index (χ3v) is 3.06. The van der Waals surface area contributed by atoms with Crippen LogP contribution in [0.2, 0.25) is 0 Å². The zero-order chi connectivity index (χ0) is 12.3. The fraction of sp³-hybridized carbons (Fsp3) is 0.333. The second kappa shape index (κ2) is 5.31. The molecule has 0 spiro atoms. The Kier molecular flexibility index (Phi) is 3.78. The molecule has 5 heteroatoms. The van der Waals surface area contributed by atoms with Gasteiger partial charge in [0.15, 0.2) is 0 Å². The summed E-state index contributed by atoms with van der Waals surface area (Å²) >= 11 is 3.36. The Morgan fingerprint density at radius 3 is 2.88 bits per heavy atom. The Labute approximate surface area is 109 Å². The summed E-state index contributed by atoms with van der Waals surface area (Å²) in [6, 6.07) is 5.99. The SMILES string of the molecule is CCn1nccc1CNc1ccc(Br)nc1C. The number of hydrogen-bond donors (Lipinski definition) is 1. The van der Waals surface area contributed by atoms with Gasteiger partial charge < -0.3 is 5.32 Å². The molecule has 0 saturated heterocycles. The minimum Gasteiger partial charge on any atom is -0.378 e. The van der Waals surface area contributed by atoms with Crippen LogP contribution in [0.1, 0.15) is 18.3 Å². The van der Waals surface area contributed by atoms with Crippen molar-refractivity contribution in [3.05, 3.63) is 40.4 Å². The van der Waals surface area contributed by atoms with Crippen LogP contribution in [0.5, 0.6) is 0 Å². The minimum atomic E-state index is 0.762. The molecule has 0 radical (unpaired) electrons. The standard InChI is InChI=1S/C12H15BrN4/c1-3-17-10(6-7-15-17)8-14-11-4-5-12(13)16-9(11)2/h4-7,14H,3,8H2,1-2H3. The highest BCUT2D eigenvalue weighted by Crippen LogP contribution is 2.16. The van der Waals surface area contributed by atoms with Crippen LogP contribution < -0.4 is 5.32 Å². The maximum Gasteiger partial charge on any atom is 0.106 e. The normalized spacial score (nSPS) is 10.5. The summed E-state index contributed by atoms with van der Waals surface area (Å²) in [4.78, 5) is 4.35. The molecule has 2 rings (SSSR count). The number of nitrogens with one attached hydrogen (secondary N) is 1. The summed E-state index contributed by atoms with van der Waals surface area (Å²) in [5.41, 5.74) is 3.22. The van der Waals surface area contributed by atoms with E-state index in [1.54, 1.807) is 0 Å². The van der Waals surface area contributed by atoms with Gasteiger partial charge in [-0.2, -0.15) is 5.10 Å². The molecular weight excluding hydrogens is 280 g/mol. The van der Waals surface area contributed by atoms with E-state index in [2.05, 4.69) is 38.3 Å². The van der Waals surface area contributed by atoms with Crippen molar-refractivity contribution in [2.45, 2.75) is 26.9 Å². The molecule has 4 nitrogen and oxygen atoms in total. The number of hydrogen-bond acceptors (Lipinski definition) is 3. The van der Waals surface area contributed by atoms with Gasteiger partial charge in [-0.1, -0.05) is 0 Å². The predicted molar refractivity (Wildman–Crippen MR) is 71.9 cm³/mol. The van der Waals surface area contributed by atoms with Gasteiger partial charge in [0.25, 0.3) is 0 Å². The predicted octanol–water partition coefficient (Wildman–Crippen LogP) is 2.98. The molecule has 0 fully saturated rings. The molecule has 0 saturated carbocycles. The summed E-state index contributed by atoms with van der Waals surface area (Å²) in [5.74, 6) is 0. The molecule has 90 valence electrons. The van der Waals surface area contributed by atoms with E-state index >= 15 is 0 Å². The third kappa shape index (κ3) is 2.85. The van der Waals surface area contributed by atoms with Crippen molar-refractivity contribution in [2.24, 2.45) is 0 Å². The van der Waals surface area contributed by atoms with Crippen molar-refractivity contribution in [1.82, 2.24) is 14.8 Å². The monoisotopic (exact) mass is 294 g/mol. The van der Waals surface area contributed by atoms with Crippen molar-refractivity contribution in [3.8, 4) is 0 Å². The molecule has 0 bridgehead atoms. The molecule has 0 aliphatic rings. The van der Waals surface area contributed by atoms with Crippen LogP contribution in [-0.4, -0.2) is 14.8 Å². The van der Waals surface area contributed by atoms with Gasteiger partial charge in [0.1, 0.15) is 4.60 Å². The van der Waals surface area contributed by atoms with Gasteiger partial charge in [0.05, 0.1) is 23.6 Å². The van der Waals surface area contributed by atoms with Crippen LogP contribution in [0.4, 0.5) is 5.69 Å². The molecule has 0 aliphatic heterocycles. The van der Waals surface area contributed by atoms with E-state index in [9.17, 15) is 0 Å². The molecule has 1 N–H and O–H groups in total. The molecule has 2 aromatic rings. The number of aryl methyl sites for hydroxylation is 2. The Hall–Kier alpha value is -1.36. The lowest BCUT2D eigenvalue weighted by Gasteiger charge is -2.10. The summed E-state index contributed by atoms with van der Waals surface area (Å²) in [6.07, 6.45) is 1.83. The van der Waals surface area contributed by atoms with Gasteiger partial charge in [0, 0.05) is 12.7 Å². The van der Waals surface area contributed by atoms with Crippen molar-refractivity contribution in [3.63, 3.8) is 0 Å². The third-order valence-electron chi connectivity index (χ3n) is 2.62. The fourth-order valence-electron chi connectivity index (χ4n) is 1.70. The zero-order valence-corrected chi connectivity index (χ0v) is 11.5. The van der Waals surface area contributed by atoms with Gasteiger partial charge >= 0.3 is 0 Å². The van der Waals surface area contributed by atoms with Crippen LogP contribution in [0.15, 0.2) is 29.0 Å². The van der Waals surface area contributed by atoms with Crippen LogP contribution in [0.3, 0.4) is 0 Å². The number of halogens is 1. The first kappa shape index (κ1) is 12.1. The molecule has 0 amide bonds. The Balaban J connectivity index is 2.07. The van der Waals surface area contributed by atoms with E-state index in [0.717, 1.165) is 29.1 Å². The first-order chi connectivity index (χ1) is 8.20. The molecule has 0 atom stereocenters. The van der Waals surface area contributed by atoms with Gasteiger partial charge in [0.2, 0.25) is 0 Å². The van der Waals surface area contributed by atoms with Crippen LogP contribution in [0, 0.1) is 6.92 Å². The Morgan fingerprint density at radius 2 is 2.18 bits per heavy atom. The molecule has 17 heavy (non-hydrogen) atoms. The number of anilines is 1. The smallest absolute Gasteiger partial charge is 0.106 e. The maximum atomic E-state index is 4.35. The number of rotatable bonds is 4. The van der Waals surface area contributed by atoms with Crippen molar-refractivity contribution in [1.29, 1.82) is 0 Å². The highest BCUT2D eigenvalue weighted by Gasteiger charge is 2.03. The van der Waals surface area contributed by atoms with Gasteiger partial charge in [-0.15, -0.1) is 0 Å². The topological polar surface area (TPSA) is 42.7 Å². The second-order valence-corrected chi connectivity index (χ2v) is 4.57. The largest absolute Gasteiger partial charge is 0.378 e. The van der Waals surface area contributed by atoms with E-state index in [4.69, 9.17) is 0 Å². The first-order valence-corrected chi connectivity index (χ1v) is 6.37. The lowest BCUT2D eigenvalue weighted by Crippen LogP contribution is -2.08. The lowest BCUT2D eigenvalue weighted by molar-refractivity contribution is 0.627. The molecule has 2 aromatic heterocycles. The minimum absolute atomic E-state index is 0.762. The van der Waals surface area contributed by atoms with E-state index in [0.29, 0.717) is 0 Å². The quantitative estimate of drug-likeness (QED) is 0.882. The number of aromatic nitrogens is 3. The average molecular weight is 295 g/mol. The summed E-state index contributed by atoms with van der Waals surface area (Å²) in [5, 5.41) is 7.61. The van der Waals surface area contributed by atoms with E-state index < -0.39 is 0 Å².